The predicted molar refractivity (Wildman–Crippen MR) is 80.5 cm³/mol. The summed E-state index contributed by atoms with van der Waals surface area (Å²) in [6.07, 6.45) is 9.31. The Kier molecular flexibility index (Phi) is 6.11. The third-order valence-electron chi connectivity index (χ3n) is 5.28. The van der Waals surface area contributed by atoms with Gasteiger partial charge in [0.25, 0.3) is 0 Å². The number of nitrogens with one attached hydrogen (secondary N) is 1. The van der Waals surface area contributed by atoms with E-state index < -0.39 is 0 Å². The SMILES string of the molecule is CCCC1CCC(NC)C(N(C)C2CCOCC2)C1. The minimum Gasteiger partial charge on any atom is -0.381 e. The quantitative estimate of drug-likeness (QED) is 0.829. The molecule has 2 fully saturated rings. The molecule has 0 bridgehead atoms. The second-order valence-electron chi connectivity index (χ2n) is 6.44. The van der Waals surface area contributed by atoms with Gasteiger partial charge < -0.3 is 10.1 Å². The van der Waals surface area contributed by atoms with Gasteiger partial charge in [0.15, 0.2) is 0 Å². The first kappa shape index (κ1) is 15.3. The minimum atomic E-state index is 0.681. The summed E-state index contributed by atoms with van der Waals surface area (Å²) in [5.41, 5.74) is 0. The monoisotopic (exact) mass is 268 g/mol. The predicted octanol–water partition coefficient (Wildman–Crippen LogP) is 2.65. The number of likely N-dealkylation sites (N-methyl/N-ethyl adjacent to an activating group) is 2. The van der Waals surface area contributed by atoms with Crippen LogP contribution in [0.2, 0.25) is 0 Å². The van der Waals surface area contributed by atoms with E-state index in [-0.39, 0.29) is 0 Å². The van der Waals surface area contributed by atoms with Crippen molar-refractivity contribution in [3.05, 3.63) is 0 Å². The topological polar surface area (TPSA) is 24.5 Å². The van der Waals surface area contributed by atoms with Gasteiger partial charge in [-0.15, -0.1) is 0 Å². The van der Waals surface area contributed by atoms with Crippen LogP contribution >= 0.6 is 0 Å². The van der Waals surface area contributed by atoms with Crippen molar-refractivity contribution in [3.8, 4) is 0 Å². The molecule has 0 spiro atoms. The summed E-state index contributed by atoms with van der Waals surface area (Å²) < 4.78 is 5.51. The number of ether oxygens (including phenoxy) is 1. The summed E-state index contributed by atoms with van der Waals surface area (Å²) in [5, 5.41) is 3.56. The van der Waals surface area contributed by atoms with Crippen molar-refractivity contribution in [3.63, 3.8) is 0 Å². The second-order valence-corrected chi connectivity index (χ2v) is 6.44. The first-order valence-corrected chi connectivity index (χ1v) is 8.23. The number of hydrogen-bond donors (Lipinski definition) is 1. The molecule has 3 unspecified atom stereocenters. The first-order valence-electron chi connectivity index (χ1n) is 8.23. The number of hydrogen-bond acceptors (Lipinski definition) is 3. The van der Waals surface area contributed by atoms with E-state index in [0.717, 1.165) is 31.2 Å². The van der Waals surface area contributed by atoms with Crippen LogP contribution < -0.4 is 5.32 Å². The Labute approximate surface area is 119 Å². The summed E-state index contributed by atoms with van der Waals surface area (Å²) >= 11 is 0. The molecule has 1 saturated carbocycles. The van der Waals surface area contributed by atoms with Gasteiger partial charge in [-0.25, -0.2) is 0 Å². The molecule has 0 amide bonds. The Bertz CT molecular complexity index is 253. The molecule has 0 radical (unpaired) electrons. The average molecular weight is 268 g/mol. The largest absolute Gasteiger partial charge is 0.381 e. The maximum atomic E-state index is 5.51. The van der Waals surface area contributed by atoms with Crippen molar-refractivity contribution in [2.24, 2.45) is 5.92 Å². The van der Waals surface area contributed by atoms with E-state index in [1.165, 1.54) is 44.9 Å². The van der Waals surface area contributed by atoms with Gasteiger partial charge in [0, 0.05) is 31.3 Å². The lowest BCUT2D eigenvalue weighted by Gasteiger charge is -2.45. The molecular weight excluding hydrogens is 236 g/mol. The van der Waals surface area contributed by atoms with E-state index >= 15 is 0 Å². The van der Waals surface area contributed by atoms with Crippen molar-refractivity contribution in [2.75, 3.05) is 27.3 Å². The van der Waals surface area contributed by atoms with Crippen LogP contribution in [0.4, 0.5) is 0 Å². The van der Waals surface area contributed by atoms with Crippen LogP contribution in [-0.2, 0) is 4.74 Å². The number of rotatable bonds is 5. The summed E-state index contributed by atoms with van der Waals surface area (Å²) in [7, 11) is 4.48. The molecule has 2 rings (SSSR count). The maximum Gasteiger partial charge on any atom is 0.0480 e. The Balaban J connectivity index is 1.95. The fourth-order valence-corrected chi connectivity index (χ4v) is 4.05. The highest BCUT2D eigenvalue weighted by molar-refractivity contribution is 4.92. The van der Waals surface area contributed by atoms with E-state index in [1.54, 1.807) is 0 Å². The molecule has 1 aliphatic carbocycles. The van der Waals surface area contributed by atoms with Crippen molar-refractivity contribution in [1.29, 1.82) is 0 Å². The van der Waals surface area contributed by atoms with Crippen LogP contribution in [0.25, 0.3) is 0 Å². The lowest BCUT2D eigenvalue weighted by molar-refractivity contribution is 0.00848. The van der Waals surface area contributed by atoms with Gasteiger partial charge in [0.1, 0.15) is 0 Å². The van der Waals surface area contributed by atoms with Crippen LogP contribution in [0.15, 0.2) is 0 Å². The summed E-state index contributed by atoms with van der Waals surface area (Å²) in [6.45, 7) is 4.22. The molecule has 2 aliphatic rings. The Morgan fingerprint density at radius 2 is 1.89 bits per heavy atom. The van der Waals surface area contributed by atoms with Crippen molar-refractivity contribution < 1.29 is 4.74 Å². The third-order valence-corrected chi connectivity index (χ3v) is 5.28. The van der Waals surface area contributed by atoms with Crippen LogP contribution in [0.5, 0.6) is 0 Å². The van der Waals surface area contributed by atoms with Gasteiger partial charge in [0.2, 0.25) is 0 Å². The highest BCUT2D eigenvalue weighted by Crippen LogP contribution is 2.32. The van der Waals surface area contributed by atoms with Crippen LogP contribution in [-0.4, -0.2) is 50.3 Å². The highest BCUT2D eigenvalue weighted by atomic mass is 16.5. The standard InChI is InChI=1S/C16H32N2O/c1-4-5-13-6-7-15(17-2)16(12-13)18(3)14-8-10-19-11-9-14/h13-17H,4-12H2,1-3H3. The van der Waals surface area contributed by atoms with Crippen LogP contribution in [0, 0.1) is 5.92 Å². The first-order chi connectivity index (χ1) is 9.26. The van der Waals surface area contributed by atoms with E-state index in [0.29, 0.717) is 6.04 Å². The van der Waals surface area contributed by atoms with Crippen LogP contribution in [0.3, 0.4) is 0 Å². The second kappa shape index (κ2) is 7.61. The summed E-state index contributed by atoms with van der Waals surface area (Å²) in [5.74, 6) is 0.946. The molecule has 3 nitrogen and oxygen atoms in total. The molecule has 0 aromatic rings. The zero-order valence-corrected chi connectivity index (χ0v) is 13.0. The minimum absolute atomic E-state index is 0.681. The lowest BCUT2D eigenvalue weighted by Crippen LogP contribution is -2.55. The zero-order chi connectivity index (χ0) is 13.7. The Morgan fingerprint density at radius 1 is 1.16 bits per heavy atom. The molecule has 112 valence electrons. The average Bonchev–Trinajstić information content (AvgIpc) is 2.47. The van der Waals surface area contributed by atoms with E-state index in [2.05, 4.69) is 31.2 Å². The summed E-state index contributed by atoms with van der Waals surface area (Å²) in [6, 6.07) is 2.13. The van der Waals surface area contributed by atoms with E-state index in [9.17, 15) is 0 Å². The molecule has 19 heavy (non-hydrogen) atoms. The lowest BCUT2D eigenvalue weighted by atomic mass is 9.79. The van der Waals surface area contributed by atoms with Gasteiger partial charge in [-0.3, -0.25) is 4.90 Å². The Hall–Kier alpha value is -0.120. The van der Waals surface area contributed by atoms with Gasteiger partial charge in [-0.05, 0) is 52.1 Å². The van der Waals surface area contributed by atoms with Gasteiger partial charge >= 0.3 is 0 Å². The van der Waals surface area contributed by atoms with Gasteiger partial charge in [-0.2, -0.15) is 0 Å². The number of nitrogens with zero attached hydrogens (tertiary/aromatic N) is 1. The molecule has 0 aromatic heterocycles. The van der Waals surface area contributed by atoms with Crippen molar-refractivity contribution in [2.45, 2.75) is 70.0 Å². The fraction of sp³-hybridized carbons (Fsp3) is 1.00. The van der Waals surface area contributed by atoms with Gasteiger partial charge in [0.05, 0.1) is 0 Å². The fourth-order valence-electron chi connectivity index (χ4n) is 4.05. The highest BCUT2D eigenvalue weighted by Gasteiger charge is 2.34. The molecule has 1 saturated heterocycles. The zero-order valence-electron chi connectivity index (χ0n) is 13.0. The molecular formula is C16H32N2O. The smallest absolute Gasteiger partial charge is 0.0480 e. The van der Waals surface area contributed by atoms with E-state index in [1.807, 2.05) is 0 Å². The molecule has 1 N–H and O–H groups in total. The molecule has 0 aromatic carbocycles. The normalized spacial score (nSPS) is 33.8. The molecule has 3 atom stereocenters. The maximum absolute atomic E-state index is 5.51. The third kappa shape index (κ3) is 3.93. The molecule has 3 heteroatoms. The molecule has 1 aliphatic heterocycles. The van der Waals surface area contributed by atoms with Gasteiger partial charge in [-0.1, -0.05) is 19.8 Å². The summed E-state index contributed by atoms with van der Waals surface area (Å²) in [4.78, 5) is 2.67. The van der Waals surface area contributed by atoms with Crippen molar-refractivity contribution in [1.82, 2.24) is 10.2 Å². The van der Waals surface area contributed by atoms with Crippen LogP contribution in [0.1, 0.15) is 51.9 Å². The van der Waals surface area contributed by atoms with Crippen molar-refractivity contribution >= 4 is 0 Å². The van der Waals surface area contributed by atoms with E-state index in [4.69, 9.17) is 4.74 Å². The Morgan fingerprint density at radius 3 is 2.53 bits per heavy atom. The molecule has 1 heterocycles.